The van der Waals surface area contributed by atoms with Crippen molar-refractivity contribution in [1.82, 2.24) is 24.6 Å². The predicted molar refractivity (Wildman–Crippen MR) is 237 cm³/mol. The molecule has 2 aromatic carbocycles. The second-order valence-electron chi connectivity index (χ2n) is 16.5. The Bertz CT molecular complexity index is 2070. The van der Waals surface area contributed by atoms with E-state index in [4.69, 9.17) is 19.6 Å². The maximum Gasteiger partial charge on any atom is 0.328 e. The zero-order chi connectivity index (χ0) is 45.2. The van der Waals surface area contributed by atoms with Crippen LogP contribution in [0.15, 0.2) is 59.6 Å². The third kappa shape index (κ3) is 11.3. The number of urea groups is 1. The number of carboxylic acids is 1. The lowest BCUT2D eigenvalue weighted by Gasteiger charge is -2.41. The molecule has 3 aliphatic rings. The molecule has 336 valence electrons. The third-order valence-corrected chi connectivity index (χ3v) is 11.4. The van der Waals surface area contributed by atoms with Crippen LogP contribution in [-0.2, 0) is 20.9 Å². The molecule has 2 unspecified atom stereocenters. The molecule has 0 saturated carbocycles. The van der Waals surface area contributed by atoms with E-state index in [-0.39, 0.29) is 36.0 Å². The van der Waals surface area contributed by atoms with Gasteiger partial charge in [-0.05, 0) is 47.2 Å². The number of halogens is 1. The minimum atomic E-state index is -1.16. The van der Waals surface area contributed by atoms with Gasteiger partial charge in [0, 0.05) is 83.7 Å². The van der Waals surface area contributed by atoms with Gasteiger partial charge in [-0.15, -0.1) is 0 Å². The van der Waals surface area contributed by atoms with Crippen molar-refractivity contribution in [3.8, 4) is 16.9 Å². The van der Waals surface area contributed by atoms with E-state index >= 15 is 0 Å². The van der Waals surface area contributed by atoms with E-state index in [1.165, 1.54) is 35.1 Å². The number of nitrogens with zero attached hydrogens (tertiary/aromatic N) is 7. The number of carbonyl (C=O) groups is 3. The first kappa shape index (κ1) is 47.6. The molecule has 6 rings (SSSR count). The molecule has 3 amide bonds. The number of carboxylic acid groups (broad SMARTS) is 1. The number of ether oxygens (including phenoxy) is 2. The van der Waals surface area contributed by atoms with Gasteiger partial charge < -0.3 is 39.5 Å². The highest BCUT2D eigenvalue weighted by atomic mass is 19.1. The number of aromatic nitrogens is 1. The summed E-state index contributed by atoms with van der Waals surface area (Å²) in [5, 5.41) is 29.1. The minimum Gasteiger partial charge on any atom is -0.495 e. The molecule has 3 aliphatic heterocycles. The summed E-state index contributed by atoms with van der Waals surface area (Å²) in [6, 6.07) is 13.6. The third-order valence-electron chi connectivity index (χ3n) is 11.4. The second-order valence-corrected chi connectivity index (χ2v) is 16.5. The van der Waals surface area contributed by atoms with Gasteiger partial charge in [0.1, 0.15) is 11.6 Å². The summed E-state index contributed by atoms with van der Waals surface area (Å²) in [4.78, 5) is 54.3. The molecule has 16 heteroatoms. The largest absolute Gasteiger partial charge is 0.495 e. The number of para-hydroxylation sites is 2. The summed E-state index contributed by atoms with van der Waals surface area (Å²) < 4.78 is 24.7. The molecule has 0 spiro atoms. The summed E-state index contributed by atoms with van der Waals surface area (Å²) in [6.07, 6.45) is 1.84. The quantitative estimate of drug-likeness (QED) is 0.171. The van der Waals surface area contributed by atoms with Gasteiger partial charge in [-0.2, -0.15) is 0 Å². The molecular weight excluding hydrogens is 798 g/mol. The van der Waals surface area contributed by atoms with Gasteiger partial charge >= 0.3 is 12.0 Å². The highest BCUT2D eigenvalue weighted by molar-refractivity contribution is 6.01. The number of fused-ring (bicyclic) bond motifs is 1. The van der Waals surface area contributed by atoms with E-state index in [0.717, 1.165) is 77.8 Å². The monoisotopic (exact) mass is 859 g/mol. The van der Waals surface area contributed by atoms with E-state index in [0.29, 0.717) is 13.2 Å². The van der Waals surface area contributed by atoms with Crippen LogP contribution in [0, 0.1) is 5.82 Å². The highest BCUT2D eigenvalue weighted by Gasteiger charge is 2.48. The molecular formula is C46H62FN7O8. The number of anilines is 1. The standard InChI is InChI=1S/C26H34FNO5.C20H28N6O3/c1-15(2)25-21(11-10-19(29)12-20(30)13-23(31)32)24(17-6-8-18(27)9-7-17)22(14-33-5)26(28-25)16(3)4;1-22-18-17(19(27)23(2)20(22)28)26(14-21-18)13-10-24-8-11-25(12-9-24)15-6-4-5-7-16(15)29-3/h6-11,15-16,19-20,29-30H,12-14H2,1-5H3,(H,31,32);4-7,14,17-18H,8-13H2,1-3H3/b11-10+;/t19-,20-;/m1./s1. The zero-order valence-corrected chi connectivity index (χ0v) is 37.1. The normalized spacial score (nSPS) is 19.0. The van der Waals surface area contributed by atoms with Crippen molar-refractivity contribution < 1.29 is 43.6 Å². The van der Waals surface area contributed by atoms with E-state index in [1.807, 2.05) is 36.9 Å². The average molecular weight is 860 g/mol. The van der Waals surface area contributed by atoms with Crippen LogP contribution < -0.4 is 9.64 Å². The van der Waals surface area contributed by atoms with Crippen molar-refractivity contribution in [1.29, 1.82) is 0 Å². The lowest BCUT2D eigenvalue weighted by Crippen LogP contribution is -2.64. The van der Waals surface area contributed by atoms with Crippen molar-refractivity contribution in [2.24, 2.45) is 4.99 Å². The Morgan fingerprint density at radius 1 is 0.935 bits per heavy atom. The smallest absolute Gasteiger partial charge is 0.328 e. The van der Waals surface area contributed by atoms with Gasteiger partial charge in [0.25, 0.3) is 5.91 Å². The number of rotatable bonds is 16. The van der Waals surface area contributed by atoms with Crippen LogP contribution in [0.2, 0.25) is 0 Å². The number of aliphatic carboxylic acids is 1. The first-order valence-electron chi connectivity index (χ1n) is 21.1. The van der Waals surface area contributed by atoms with Gasteiger partial charge in [-0.25, -0.2) is 14.2 Å². The van der Waals surface area contributed by atoms with Crippen molar-refractivity contribution in [3.05, 3.63) is 82.9 Å². The fourth-order valence-corrected chi connectivity index (χ4v) is 8.11. The predicted octanol–water partition coefficient (Wildman–Crippen LogP) is 5.26. The summed E-state index contributed by atoms with van der Waals surface area (Å²) in [6.45, 7) is 13.8. The number of carbonyl (C=O) groups excluding carboxylic acids is 2. The van der Waals surface area contributed by atoms with Gasteiger partial charge in [0.2, 0.25) is 0 Å². The Hall–Kier alpha value is -5.42. The Kier molecular flexibility index (Phi) is 16.6. The summed E-state index contributed by atoms with van der Waals surface area (Å²) in [5.41, 5.74) is 6.18. The number of amides is 3. The highest BCUT2D eigenvalue weighted by Crippen LogP contribution is 2.38. The Labute approximate surface area is 364 Å². The Morgan fingerprint density at radius 3 is 2.21 bits per heavy atom. The van der Waals surface area contributed by atoms with E-state index in [2.05, 4.69) is 34.7 Å². The fourth-order valence-electron chi connectivity index (χ4n) is 8.11. The Morgan fingerprint density at radius 2 is 1.60 bits per heavy atom. The number of benzene rings is 2. The number of aliphatic hydroxyl groups is 2. The number of hydrogen-bond acceptors (Lipinski definition) is 12. The van der Waals surface area contributed by atoms with Gasteiger partial charge in [-0.1, -0.05) is 64.1 Å². The number of imide groups is 1. The maximum atomic E-state index is 13.7. The minimum absolute atomic E-state index is 0.0627. The lowest BCUT2D eigenvalue weighted by atomic mass is 9.87. The Balaban J connectivity index is 0.000000236. The zero-order valence-electron chi connectivity index (χ0n) is 37.1. The molecule has 2 saturated heterocycles. The molecule has 2 fully saturated rings. The summed E-state index contributed by atoms with van der Waals surface area (Å²) in [5.74, 6) is -0.559. The molecule has 0 bridgehead atoms. The molecule has 3 N–H and O–H groups in total. The van der Waals surface area contributed by atoms with E-state index in [1.54, 1.807) is 45.8 Å². The molecule has 4 atom stereocenters. The van der Waals surface area contributed by atoms with Gasteiger partial charge in [0.05, 0.1) is 50.1 Å². The summed E-state index contributed by atoms with van der Waals surface area (Å²) >= 11 is 0. The first-order valence-corrected chi connectivity index (χ1v) is 21.1. The van der Waals surface area contributed by atoms with Crippen LogP contribution in [0.25, 0.3) is 17.2 Å². The second kappa shape index (κ2) is 21.6. The molecule has 3 aromatic rings. The van der Waals surface area contributed by atoms with Crippen LogP contribution in [0.1, 0.15) is 74.9 Å². The topological polar surface area (TPSA) is 172 Å². The van der Waals surface area contributed by atoms with Gasteiger partial charge in [0.15, 0.2) is 12.2 Å². The van der Waals surface area contributed by atoms with Crippen LogP contribution in [0.5, 0.6) is 5.75 Å². The van der Waals surface area contributed by atoms with Crippen molar-refractivity contribution in [2.75, 3.05) is 72.5 Å². The molecule has 0 radical (unpaired) electrons. The van der Waals surface area contributed by atoms with E-state index < -0.39 is 36.8 Å². The van der Waals surface area contributed by atoms with Crippen LogP contribution in [0.3, 0.4) is 0 Å². The molecule has 0 aliphatic carbocycles. The SMILES string of the molecule is COCc1c(C(C)C)nc(C(C)C)c(/C=C/[C@@H](O)C[C@@H](O)CC(=O)O)c1-c1ccc(F)cc1.COc1ccccc1N1CCN(CCN2C=NC3C2C(=O)N(C)C(=O)N3C)CC1. The average Bonchev–Trinajstić information content (AvgIpc) is 3.68. The maximum absolute atomic E-state index is 13.7. The number of likely N-dealkylation sites (N-methyl/N-ethyl adjacent to an activating group) is 2. The molecule has 62 heavy (non-hydrogen) atoms. The number of aliphatic imine (C=N–C) groups is 1. The summed E-state index contributed by atoms with van der Waals surface area (Å²) in [7, 11) is 6.54. The van der Waals surface area contributed by atoms with Crippen molar-refractivity contribution in [2.45, 2.75) is 83.4 Å². The first-order chi connectivity index (χ1) is 29.6. The van der Waals surface area contributed by atoms with Crippen molar-refractivity contribution in [3.63, 3.8) is 0 Å². The van der Waals surface area contributed by atoms with E-state index in [9.17, 15) is 29.0 Å². The molecule has 15 nitrogen and oxygen atoms in total. The van der Waals surface area contributed by atoms with Crippen LogP contribution >= 0.6 is 0 Å². The molecule has 1 aromatic heterocycles. The number of pyridine rings is 1. The fraction of sp³-hybridized carbons (Fsp3) is 0.500. The number of piperazine rings is 1. The van der Waals surface area contributed by atoms with Crippen LogP contribution in [0.4, 0.5) is 14.9 Å². The molecule has 4 heterocycles. The number of aliphatic hydroxyl groups excluding tert-OH is 2. The number of methoxy groups -OCH3 is 2. The van der Waals surface area contributed by atoms with Crippen molar-refractivity contribution >= 4 is 36.0 Å². The lowest BCUT2D eigenvalue weighted by molar-refractivity contribution is -0.139. The van der Waals surface area contributed by atoms with Gasteiger partial charge in [-0.3, -0.25) is 24.4 Å². The number of hydrogen-bond donors (Lipinski definition) is 3. The van der Waals surface area contributed by atoms with Crippen LogP contribution in [-0.4, -0.2) is 156 Å².